The maximum Gasteiger partial charge on any atom is 0.246 e. The van der Waals surface area contributed by atoms with Gasteiger partial charge in [-0.2, -0.15) is 0 Å². The first-order valence-electron chi connectivity index (χ1n) is 26.2. The molecule has 0 N–H and O–H groups in total. The van der Waals surface area contributed by atoms with Gasteiger partial charge < -0.3 is 4.90 Å². The number of benzene rings is 11. The lowest BCUT2D eigenvalue weighted by Gasteiger charge is -2.45. The Bertz CT molecular complexity index is 3800. The maximum absolute atomic E-state index is 2.64. The van der Waals surface area contributed by atoms with E-state index in [0.717, 1.165) is 0 Å². The first kappa shape index (κ1) is 40.0. The summed E-state index contributed by atoms with van der Waals surface area (Å²) in [6, 6.07) is 95.7. The molecule has 19 rings (SSSR count). The zero-order chi connectivity index (χ0) is 47.5. The van der Waals surface area contributed by atoms with Crippen molar-refractivity contribution in [2.45, 2.75) is 23.7 Å². The van der Waals surface area contributed by atoms with E-state index in [2.05, 4.69) is 254 Å². The van der Waals surface area contributed by atoms with E-state index >= 15 is 0 Å². The van der Waals surface area contributed by atoms with Crippen molar-refractivity contribution in [2.24, 2.45) is 0 Å². The Kier molecular flexibility index (Phi) is 8.19. The molecule has 0 amide bonds. The Hall–Kier alpha value is -8.65. The van der Waals surface area contributed by atoms with Gasteiger partial charge in [0.15, 0.2) is 0 Å². The standard InChI is InChI=1S/C70H45B2N/c1-3-18-44(19-4-1)71-58-34-17-35-59-70(58)73(62-38-36-42(40-60(62)71)46-30-15-32-56-64-48-22-7-11-26-52(48)68(66(46)56)53-27-12-8-23-49(53)64)63-39-37-43(41-61(63)72(59)45-20-5-2-6-21-45)47-31-16-33-57-65-50-24-9-13-28-54(50)69(67(47)57)55-29-14-10-25-51(55)65/h1-41,64-65,68-69H. The fourth-order valence-electron chi connectivity index (χ4n) is 15.3. The molecule has 0 saturated carbocycles. The van der Waals surface area contributed by atoms with Crippen LogP contribution in [0.3, 0.4) is 0 Å². The Morgan fingerprint density at radius 3 is 0.973 bits per heavy atom. The highest BCUT2D eigenvalue weighted by Gasteiger charge is 2.47. The fourth-order valence-corrected chi connectivity index (χ4v) is 15.3. The largest absolute Gasteiger partial charge is 0.313 e. The monoisotopic (exact) mass is 921 g/mol. The summed E-state index contributed by atoms with van der Waals surface area (Å²) >= 11 is 0. The molecule has 3 heteroatoms. The van der Waals surface area contributed by atoms with Gasteiger partial charge >= 0.3 is 0 Å². The van der Waals surface area contributed by atoms with E-state index in [1.54, 1.807) is 0 Å². The molecule has 11 aromatic carbocycles. The van der Waals surface area contributed by atoms with Crippen LogP contribution in [0.2, 0.25) is 0 Å². The predicted octanol–water partition coefficient (Wildman–Crippen LogP) is 12.1. The van der Waals surface area contributed by atoms with Crippen molar-refractivity contribution in [3.8, 4) is 22.3 Å². The molecule has 0 aromatic heterocycles. The average molecular weight is 922 g/mol. The van der Waals surface area contributed by atoms with Gasteiger partial charge in [-0.1, -0.05) is 248 Å². The quantitative estimate of drug-likeness (QED) is 0.159. The molecular formula is C70H45B2N. The molecule has 336 valence electrons. The number of rotatable bonds is 4. The Morgan fingerprint density at radius 1 is 0.260 bits per heavy atom. The molecule has 0 saturated heterocycles. The summed E-state index contributed by atoms with van der Waals surface area (Å²) < 4.78 is 0. The van der Waals surface area contributed by atoms with Crippen LogP contribution >= 0.6 is 0 Å². The van der Waals surface area contributed by atoms with Crippen LogP contribution in [0.15, 0.2) is 249 Å². The summed E-state index contributed by atoms with van der Waals surface area (Å²) in [6.07, 6.45) is 0. The highest BCUT2D eigenvalue weighted by molar-refractivity contribution is 7.02. The topological polar surface area (TPSA) is 3.24 Å². The van der Waals surface area contributed by atoms with E-state index in [1.165, 1.54) is 139 Å². The number of hydrogen-bond acceptors (Lipinski definition) is 1. The molecule has 0 unspecified atom stereocenters. The van der Waals surface area contributed by atoms with Crippen LogP contribution in [-0.2, 0) is 0 Å². The number of para-hydroxylation sites is 1. The van der Waals surface area contributed by atoms with Crippen molar-refractivity contribution in [2.75, 3.05) is 4.90 Å². The second-order valence-electron chi connectivity index (χ2n) is 21.2. The zero-order valence-corrected chi connectivity index (χ0v) is 40.1. The second kappa shape index (κ2) is 14.9. The molecule has 8 aliphatic rings. The Morgan fingerprint density at radius 2 is 0.589 bits per heavy atom. The molecular weight excluding hydrogens is 876 g/mol. The zero-order valence-electron chi connectivity index (χ0n) is 40.1. The molecule has 73 heavy (non-hydrogen) atoms. The SMILES string of the molecule is c1ccc(B2c3cc(-c4cccc5c4C4c6ccccc6C5c5ccccc54)ccc3N3c4ccc(-c5cccc6c5C5c7ccccc7C6c6ccccc65)cc4B(c4ccccc4)c4cccc2c43)cc1. The molecule has 0 radical (unpaired) electrons. The van der Waals surface area contributed by atoms with Crippen LogP contribution in [-0.4, -0.2) is 13.4 Å². The van der Waals surface area contributed by atoms with Crippen LogP contribution in [0.1, 0.15) is 90.4 Å². The smallest absolute Gasteiger partial charge is 0.246 e. The van der Waals surface area contributed by atoms with Crippen molar-refractivity contribution in [1.82, 2.24) is 0 Å². The lowest BCUT2D eigenvalue weighted by molar-refractivity contribution is 0.756. The van der Waals surface area contributed by atoms with Crippen molar-refractivity contribution in [3.63, 3.8) is 0 Å². The van der Waals surface area contributed by atoms with Crippen LogP contribution in [0.25, 0.3) is 22.3 Å². The third-order valence-electron chi connectivity index (χ3n) is 17.9. The van der Waals surface area contributed by atoms with Gasteiger partial charge in [0, 0.05) is 40.7 Å². The van der Waals surface area contributed by atoms with Crippen LogP contribution in [0.4, 0.5) is 17.1 Å². The first-order valence-corrected chi connectivity index (χ1v) is 26.2. The van der Waals surface area contributed by atoms with E-state index in [-0.39, 0.29) is 37.1 Å². The number of hydrogen-bond donors (Lipinski definition) is 0. The second-order valence-corrected chi connectivity index (χ2v) is 21.2. The molecule has 11 aromatic rings. The molecule has 0 spiro atoms. The van der Waals surface area contributed by atoms with Crippen molar-refractivity contribution in [3.05, 3.63) is 315 Å². The molecule has 2 heterocycles. The van der Waals surface area contributed by atoms with Gasteiger partial charge in [-0.15, -0.1) is 0 Å². The lowest BCUT2D eigenvalue weighted by Crippen LogP contribution is -2.65. The molecule has 0 atom stereocenters. The lowest BCUT2D eigenvalue weighted by atomic mass is 9.30. The summed E-state index contributed by atoms with van der Waals surface area (Å²) in [5.41, 5.74) is 34.5. The Balaban J connectivity index is 0.881. The van der Waals surface area contributed by atoms with E-state index < -0.39 is 0 Å². The van der Waals surface area contributed by atoms with Crippen LogP contribution in [0.5, 0.6) is 0 Å². The normalized spacial score (nSPS) is 18.1. The highest BCUT2D eigenvalue weighted by Crippen LogP contribution is 2.59. The highest BCUT2D eigenvalue weighted by atomic mass is 15.2. The third-order valence-corrected chi connectivity index (χ3v) is 17.9. The summed E-state index contributed by atoms with van der Waals surface area (Å²) in [5, 5.41) is 0. The summed E-state index contributed by atoms with van der Waals surface area (Å²) in [6.45, 7) is 0.0723. The Labute approximate surface area is 427 Å². The van der Waals surface area contributed by atoms with E-state index in [0.29, 0.717) is 0 Å². The predicted molar refractivity (Wildman–Crippen MR) is 304 cm³/mol. The minimum atomic E-state index is 0.0362. The van der Waals surface area contributed by atoms with Gasteiger partial charge in [0.2, 0.25) is 13.4 Å². The van der Waals surface area contributed by atoms with Crippen LogP contribution < -0.4 is 37.7 Å². The molecule has 4 bridgehead atoms. The van der Waals surface area contributed by atoms with Gasteiger partial charge in [0.25, 0.3) is 0 Å². The van der Waals surface area contributed by atoms with Gasteiger partial charge in [-0.3, -0.25) is 0 Å². The third kappa shape index (κ3) is 5.34. The van der Waals surface area contributed by atoms with Gasteiger partial charge in [0.1, 0.15) is 0 Å². The van der Waals surface area contributed by atoms with Crippen molar-refractivity contribution < 1.29 is 0 Å². The summed E-state index contributed by atoms with van der Waals surface area (Å²) in [4.78, 5) is 2.64. The van der Waals surface area contributed by atoms with Crippen molar-refractivity contribution in [1.29, 1.82) is 0 Å². The van der Waals surface area contributed by atoms with Crippen LogP contribution in [0, 0.1) is 0 Å². The number of nitrogens with zero attached hydrogens (tertiary/aromatic N) is 1. The minimum Gasteiger partial charge on any atom is -0.313 e. The summed E-state index contributed by atoms with van der Waals surface area (Å²) in [7, 11) is 0. The van der Waals surface area contributed by atoms with Crippen molar-refractivity contribution >= 4 is 63.3 Å². The van der Waals surface area contributed by atoms with E-state index in [9.17, 15) is 0 Å². The van der Waals surface area contributed by atoms with Gasteiger partial charge in [0.05, 0.1) is 0 Å². The van der Waals surface area contributed by atoms with Gasteiger partial charge in [-0.05, 0) is 123 Å². The summed E-state index contributed by atoms with van der Waals surface area (Å²) in [5.74, 6) is 0.812. The molecule has 2 aliphatic heterocycles. The van der Waals surface area contributed by atoms with E-state index in [4.69, 9.17) is 0 Å². The number of anilines is 3. The minimum absolute atomic E-state index is 0.0362. The average Bonchev–Trinajstić information content (AvgIpc) is 3.47. The number of fused-ring (bicyclic) bond motifs is 4. The first-order chi connectivity index (χ1) is 36.3. The molecule has 6 aliphatic carbocycles. The fraction of sp³-hybridized carbons (Fsp3) is 0.0571. The van der Waals surface area contributed by atoms with Gasteiger partial charge in [-0.25, -0.2) is 0 Å². The van der Waals surface area contributed by atoms with E-state index in [1.807, 2.05) is 0 Å². The maximum atomic E-state index is 2.64. The molecule has 1 nitrogen and oxygen atoms in total. The molecule has 0 fully saturated rings.